The fourth-order valence-electron chi connectivity index (χ4n) is 0.704. The highest BCUT2D eigenvalue weighted by molar-refractivity contribution is 7.80. The van der Waals surface area contributed by atoms with Crippen molar-refractivity contribution in [2.45, 2.75) is 33.1 Å². The lowest BCUT2D eigenvalue weighted by atomic mass is 10.1. The number of hydrogen-bond donors (Lipinski definition) is 1. The molecule has 0 aliphatic heterocycles. The molecule has 12 heavy (non-hydrogen) atoms. The van der Waals surface area contributed by atoms with Crippen LogP contribution >= 0.6 is 12.6 Å². The molecule has 0 unspecified atom stereocenters. The zero-order chi connectivity index (χ0) is 9.40. The van der Waals surface area contributed by atoms with E-state index < -0.39 is 0 Å². The highest BCUT2D eigenvalue weighted by atomic mass is 32.1. The lowest BCUT2D eigenvalue weighted by molar-refractivity contribution is -0.143. The van der Waals surface area contributed by atoms with Crippen molar-refractivity contribution in [3.63, 3.8) is 0 Å². The van der Waals surface area contributed by atoms with E-state index in [0.29, 0.717) is 18.9 Å². The summed E-state index contributed by atoms with van der Waals surface area (Å²) in [5.74, 6) is 1.26. The first-order valence-corrected chi connectivity index (χ1v) is 5.06. The fraction of sp³-hybridized carbons (Fsp3) is 0.889. The molecule has 3 heteroatoms. The van der Waals surface area contributed by atoms with Crippen molar-refractivity contribution in [3.8, 4) is 0 Å². The number of carbonyl (C=O) groups is 1. The molecule has 0 aliphatic rings. The number of ether oxygens (including phenoxy) is 1. The maximum absolute atomic E-state index is 10.9. The molecule has 0 heterocycles. The smallest absolute Gasteiger partial charge is 0.305 e. The van der Waals surface area contributed by atoms with Gasteiger partial charge in [0.05, 0.1) is 6.61 Å². The minimum atomic E-state index is -0.0929. The molecule has 0 spiro atoms. The van der Waals surface area contributed by atoms with E-state index in [0.717, 1.165) is 18.6 Å². The van der Waals surface area contributed by atoms with E-state index >= 15 is 0 Å². The summed E-state index contributed by atoms with van der Waals surface area (Å²) in [5, 5.41) is 0. The summed E-state index contributed by atoms with van der Waals surface area (Å²) in [6, 6.07) is 0. The van der Waals surface area contributed by atoms with E-state index in [-0.39, 0.29) is 5.97 Å². The van der Waals surface area contributed by atoms with Gasteiger partial charge in [-0.05, 0) is 24.5 Å². The molecule has 0 N–H and O–H groups in total. The molecule has 0 amide bonds. The van der Waals surface area contributed by atoms with Crippen molar-refractivity contribution in [2.75, 3.05) is 12.4 Å². The Morgan fingerprint density at radius 3 is 2.67 bits per heavy atom. The van der Waals surface area contributed by atoms with Crippen LogP contribution in [0.5, 0.6) is 0 Å². The molecule has 0 aliphatic carbocycles. The first-order valence-electron chi connectivity index (χ1n) is 4.43. The number of rotatable bonds is 6. The van der Waals surface area contributed by atoms with Gasteiger partial charge in [-0.15, -0.1) is 0 Å². The van der Waals surface area contributed by atoms with Crippen molar-refractivity contribution in [1.82, 2.24) is 0 Å². The average Bonchev–Trinajstić information content (AvgIpc) is 2.00. The van der Waals surface area contributed by atoms with Crippen LogP contribution in [-0.4, -0.2) is 18.3 Å². The number of esters is 1. The maximum atomic E-state index is 10.9. The third-order valence-corrected chi connectivity index (χ3v) is 1.81. The second-order valence-corrected chi connectivity index (χ2v) is 3.68. The molecule has 0 radical (unpaired) electrons. The highest BCUT2D eigenvalue weighted by Gasteiger charge is 2.01. The van der Waals surface area contributed by atoms with Crippen LogP contribution in [0.25, 0.3) is 0 Å². The molecular weight excluding hydrogens is 172 g/mol. The lowest BCUT2D eigenvalue weighted by Crippen LogP contribution is -2.07. The number of hydrogen-bond acceptors (Lipinski definition) is 3. The van der Waals surface area contributed by atoms with Gasteiger partial charge < -0.3 is 4.74 Å². The average molecular weight is 190 g/mol. The molecule has 0 rings (SSSR count). The number of thiol groups is 1. The normalized spacial score (nSPS) is 10.3. The summed E-state index contributed by atoms with van der Waals surface area (Å²) in [6.07, 6.45) is 2.26. The van der Waals surface area contributed by atoms with Crippen LogP contribution in [0.2, 0.25) is 0 Å². The molecule has 0 saturated carbocycles. The lowest BCUT2D eigenvalue weighted by Gasteiger charge is -2.05. The largest absolute Gasteiger partial charge is 0.466 e. The van der Waals surface area contributed by atoms with Crippen LogP contribution in [0.3, 0.4) is 0 Å². The maximum Gasteiger partial charge on any atom is 0.305 e. The van der Waals surface area contributed by atoms with Crippen molar-refractivity contribution >= 4 is 18.6 Å². The van der Waals surface area contributed by atoms with Gasteiger partial charge in [0.25, 0.3) is 0 Å². The van der Waals surface area contributed by atoms with Gasteiger partial charge >= 0.3 is 5.97 Å². The van der Waals surface area contributed by atoms with Gasteiger partial charge in [-0.1, -0.05) is 13.8 Å². The van der Waals surface area contributed by atoms with Crippen LogP contribution in [0, 0.1) is 5.92 Å². The van der Waals surface area contributed by atoms with Gasteiger partial charge in [-0.2, -0.15) is 12.6 Å². The van der Waals surface area contributed by atoms with Crippen molar-refractivity contribution in [1.29, 1.82) is 0 Å². The van der Waals surface area contributed by atoms with Crippen LogP contribution in [0.1, 0.15) is 33.1 Å². The van der Waals surface area contributed by atoms with E-state index in [1.807, 2.05) is 0 Å². The predicted octanol–water partition coefficient (Wildman–Crippen LogP) is 2.29. The quantitative estimate of drug-likeness (QED) is 0.514. The standard InChI is InChI=1S/C9H18O2S/c1-8(2)5-6-11-9(10)4-3-7-12/h8,12H,3-7H2,1-2H3. The molecule has 0 saturated heterocycles. The molecule has 2 nitrogen and oxygen atoms in total. The summed E-state index contributed by atoms with van der Waals surface area (Å²) in [4.78, 5) is 10.9. The Hall–Kier alpha value is -0.180. The monoisotopic (exact) mass is 190 g/mol. The Morgan fingerprint density at radius 1 is 1.50 bits per heavy atom. The Balaban J connectivity index is 3.20. The Bertz CT molecular complexity index is 124. The van der Waals surface area contributed by atoms with Gasteiger partial charge in [-0.25, -0.2) is 0 Å². The second kappa shape index (κ2) is 7.47. The zero-order valence-corrected chi connectivity index (χ0v) is 8.77. The summed E-state index contributed by atoms with van der Waals surface area (Å²) >= 11 is 4.01. The summed E-state index contributed by atoms with van der Waals surface area (Å²) in [6.45, 7) is 4.78. The van der Waals surface area contributed by atoms with Gasteiger partial charge in [0.1, 0.15) is 0 Å². The van der Waals surface area contributed by atoms with E-state index in [2.05, 4.69) is 26.5 Å². The van der Waals surface area contributed by atoms with Gasteiger partial charge in [0.15, 0.2) is 0 Å². The Kier molecular flexibility index (Phi) is 7.36. The summed E-state index contributed by atoms with van der Waals surface area (Å²) < 4.78 is 4.98. The van der Waals surface area contributed by atoms with Crippen LogP contribution in [0.15, 0.2) is 0 Å². The third kappa shape index (κ3) is 7.92. The van der Waals surface area contributed by atoms with Crippen LogP contribution < -0.4 is 0 Å². The molecule has 72 valence electrons. The van der Waals surface area contributed by atoms with Crippen molar-refractivity contribution < 1.29 is 9.53 Å². The molecule has 0 atom stereocenters. The minimum Gasteiger partial charge on any atom is -0.466 e. The predicted molar refractivity (Wildman–Crippen MR) is 53.5 cm³/mol. The molecule has 0 fully saturated rings. The van der Waals surface area contributed by atoms with E-state index in [1.54, 1.807) is 0 Å². The van der Waals surface area contributed by atoms with Crippen LogP contribution in [0.4, 0.5) is 0 Å². The van der Waals surface area contributed by atoms with E-state index in [9.17, 15) is 4.79 Å². The van der Waals surface area contributed by atoms with Gasteiger partial charge in [0.2, 0.25) is 0 Å². The summed E-state index contributed by atoms with van der Waals surface area (Å²) in [7, 11) is 0. The van der Waals surface area contributed by atoms with Crippen LogP contribution in [-0.2, 0) is 9.53 Å². The number of carbonyl (C=O) groups excluding carboxylic acids is 1. The molecule has 0 bridgehead atoms. The topological polar surface area (TPSA) is 26.3 Å². The fourth-order valence-corrected chi connectivity index (χ4v) is 0.862. The molecular formula is C9H18O2S. The van der Waals surface area contributed by atoms with E-state index in [1.165, 1.54) is 0 Å². The SMILES string of the molecule is CC(C)CCOC(=O)CCCS. The zero-order valence-electron chi connectivity index (χ0n) is 7.88. The van der Waals surface area contributed by atoms with Crippen molar-refractivity contribution in [3.05, 3.63) is 0 Å². The Labute approximate surface area is 80.1 Å². The Morgan fingerprint density at radius 2 is 2.17 bits per heavy atom. The minimum absolute atomic E-state index is 0.0929. The van der Waals surface area contributed by atoms with Gasteiger partial charge in [0, 0.05) is 6.42 Å². The van der Waals surface area contributed by atoms with E-state index in [4.69, 9.17) is 4.74 Å². The summed E-state index contributed by atoms with van der Waals surface area (Å²) in [5.41, 5.74) is 0. The van der Waals surface area contributed by atoms with Gasteiger partial charge in [-0.3, -0.25) is 4.79 Å². The third-order valence-electron chi connectivity index (χ3n) is 1.50. The first-order chi connectivity index (χ1) is 5.66. The highest BCUT2D eigenvalue weighted by Crippen LogP contribution is 2.01. The molecule has 0 aromatic rings. The molecule has 0 aromatic heterocycles. The first kappa shape index (κ1) is 11.8. The van der Waals surface area contributed by atoms with Crippen molar-refractivity contribution in [2.24, 2.45) is 5.92 Å². The second-order valence-electron chi connectivity index (χ2n) is 3.23. The molecule has 0 aromatic carbocycles.